The van der Waals surface area contributed by atoms with Gasteiger partial charge in [0.1, 0.15) is 12.9 Å². The molecule has 122 valence electrons. The second kappa shape index (κ2) is 7.30. The van der Waals surface area contributed by atoms with Crippen molar-refractivity contribution in [3.63, 3.8) is 0 Å². The first-order valence-electron chi connectivity index (χ1n) is 7.66. The van der Waals surface area contributed by atoms with E-state index in [2.05, 4.69) is 20.4 Å². The fourth-order valence-electron chi connectivity index (χ4n) is 2.70. The molecule has 1 aliphatic rings. The molecule has 1 saturated heterocycles. The number of rotatable bonds is 5. The summed E-state index contributed by atoms with van der Waals surface area (Å²) in [7, 11) is 0. The summed E-state index contributed by atoms with van der Waals surface area (Å²) in [6, 6.07) is 9.64. The Morgan fingerprint density at radius 2 is 1.91 bits per heavy atom. The molecule has 0 aliphatic carbocycles. The summed E-state index contributed by atoms with van der Waals surface area (Å²) in [5.74, 6) is 0.0144. The maximum Gasteiger partial charge on any atom is 0.244 e. The summed E-state index contributed by atoms with van der Waals surface area (Å²) in [4.78, 5) is 16.1. The maximum atomic E-state index is 12.2. The van der Waals surface area contributed by atoms with Crippen LogP contribution in [0.4, 0.5) is 0 Å². The Labute approximate surface area is 134 Å². The summed E-state index contributed by atoms with van der Waals surface area (Å²) in [5, 5.41) is 21.0. The molecule has 1 atom stereocenters. The van der Waals surface area contributed by atoms with Crippen molar-refractivity contribution in [3.8, 4) is 0 Å². The number of benzene rings is 1. The second-order valence-electron chi connectivity index (χ2n) is 5.62. The number of hydrogen-bond donors (Lipinski definition) is 1. The molecule has 2 heterocycles. The van der Waals surface area contributed by atoms with Crippen LogP contribution in [0, 0.1) is 0 Å². The molecule has 3 rings (SSSR count). The predicted octanol–water partition coefficient (Wildman–Crippen LogP) is -0.449. The van der Waals surface area contributed by atoms with Crippen molar-refractivity contribution < 1.29 is 9.90 Å². The molecule has 1 aromatic carbocycles. The number of carbonyl (C=O) groups is 1. The minimum atomic E-state index is -0.500. The number of aliphatic hydroxyl groups is 1. The molecular weight excluding hydrogens is 296 g/mol. The Morgan fingerprint density at radius 3 is 2.57 bits per heavy atom. The minimum absolute atomic E-state index is 0.0144. The zero-order chi connectivity index (χ0) is 16.1. The van der Waals surface area contributed by atoms with Crippen molar-refractivity contribution in [1.29, 1.82) is 0 Å². The van der Waals surface area contributed by atoms with E-state index in [1.165, 1.54) is 11.0 Å². The third kappa shape index (κ3) is 4.11. The van der Waals surface area contributed by atoms with Crippen molar-refractivity contribution in [2.24, 2.45) is 0 Å². The van der Waals surface area contributed by atoms with Crippen LogP contribution in [0.15, 0.2) is 36.7 Å². The number of tetrazole rings is 1. The number of aliphatic hydroxyl groups excluding tert-OH is 1. The molecule has 1 N–H and O–H groups in total. The van der Waals surface area contributed by atoms with E-state index in [0.717, 1.165) is 18.7 Å². The molecular formula is C15H20N6O2. The number of β-amino-alcohol motifs (C(OH)–C–C–N with tert-alkyl or cyclic N) is 1. The molecule has 1 unspecified atom stereocenters. The smallest absolute Gasteiger partial charge is 0.244 e. The molecule has 8 heteroatoms. The normalized spacial score (nSPS) is 17.2. The van der Waals surface area contributed by atoms with Crippen LogP contribution in [0.2, 0.25) is 0 Å². The first kappa shape index (κ1) is 15.6. The van der Waals surface area contributed by atoms with Crippen LogP contribution in [0.3, 0.4) is 0 Å². The Kier molecular flexibility index (Phi) is 4.94. The standard InChI is InChI=1S/C15H20N6O2/c22-14(13-4-2-1-3-5-13)10-19-6-8-20(9-7-19)15(23)11-21-12-16-17-18-21/h1-5,12,14,22H,6-11H2. The van der Waals surface area contributed by atoms with Crippen LogP contribution in [-0.4, -0.2) is 73.7 Å². The van der Waals surface area contributed by atoms with Crippen molar-refractivity contribution in [1.82, 2.24) is 30.0 Å². The lowest BCUT2D eigenvalue weighted by Gasteiger charge is -2.35. The van der Waals surface area contributed by atoms with Crippen LogP contribution >= 0.6 is 0 Å². The summed E-state index contributed by atoms with van der Waals surface area (Å²) in [6.07, 6.45) is 0.935. The fraction of sp³-hybridized carbons (Fsp3) is 0.467. The van der Waals surface area contributed by atoms with E-state index in [-0.39, 0.29) is 12.5 Å². The first-order chi connectivity index (χ1) is 11.2. The number of hydrogen-bond acceptors (Lipinski definition) is 6. The lowest BCUT2D eigenvalue weighted by molar-refractivity contribution is -0.134. The van der Waals surface area contributed by atoms with Gasteiger partial charge in [0.15, 0.2) is 0 Å². The lowest BCUT2D eigenvalue weighted by atomic mass is 10.1. The van der Waals surface area contributed by atoms with Crippen LogP contribution < -0.4 is 0 Å². The Bertz CT molecular complexity index is 610. The van der Waals surface area contributed by atoms with Crippen LogP contribution in [0.5, 0.6) is 0 Å². The van der Waals surface area contributed by atoms with Crippen molar-refractivity contribution >= 4 is 5.91 Å². The Morgan fingerprint density at radius 1 is 1.17 bits per heavy atom. The second-order valence-corrected chi connectivity index (χ2v) is 5.62. The van der Waals surface area contributed by atoms with Gasteiger partial charge in [-0.1, -0.05) is 30.3 Å². The highest BCUT2D eigenvalue weighted by atomic mass is 16.3. The molecule has 8 nitrogen and oxygen atoms in total. The summed E-state index contributed by atoms with van der Waals surface area (Å²) in [6.45, 7) is 3.57. The van der Waals surface area contributed by atoms with Gasteiger partial charge in [0.2, 0.25) is 5.91 Å². The van der Waals surface area contributed by atoms with E-state index in [9.17, 15) is 9.90 Å². The third-order valence-corrected chi connectivity index (χ3v) is 4.03. The van der Waals surface area contributed by atoms with Gasteiger partial charge in [0.25, 0.3) is 0 Å². The van der Waals surface area contributed by atoms with E-state index in [1.54, 1.807) is 0 Å². The van der Waals surface area contributed by atoms with Gasteiger partial charge in [-0.25, -0.2) is 4.68 Å². The van der Waals surface area contributed by atoms with E-state index in [4.69, 9.17) is 0 Å². The third-order valence-electron chi connectivity index (χ3n) is 4.03. The van der Waals surface area contributed by atoms with Gasteiger partial charge in [-0.05, 0) is 16.0 Å². The molecule has 1 fully saturated rings. The van der Waals surface area contributed by atoms with Gasteiger partial charge in [0.05, 0.1) is 6.10 Å². The number of nitrogens with zero attached hydrogens (tertiary/aromatic N) is 6. The summed E-state index contributed by atoms with van der Waals surface area (Å²) in [5.41, 5.74) is 0.921. The van der Waals surface area contributed by atoms with Crippen LogP contribution in [-0.2, 0) is 11.3 Å². The largest absolute Gasteiger partial charge is 0.387 e. The lowest BCUT2D eigenvalue weighted by Crippen LogP contribution is -2.50. The van der Waals surface area contributed by atoms with E-state index < -0.39 is 6.10 Å². The molecule has 1 aromatic heterocycles. The summed E-state index contributed by atoms with van der Waals surface area (Å²) < 4.78 is 1.42. The molecule has 0 bridgehead atoms. The highest BCUT2D eigenvalue weighted by molar-refractivity contribution is 5.75. The number of aromatic nitrogens is 4. The van der Waals surface area contributed by atoms with Gasteiger partial charge in [0, 0.05) is 32.7 Å². The van der Waals surface area contributed by atoms with Crippen LogP contribution in [0.1, 0.15) is 11.7 Å². The Hall–Kier alpha value is -2.32. The first-order valence-corrected chi connectivity index (χ1v) is 7.66. The van der Waals surface area contributed by atoms with Gasteiger partial charge >= 0.3 is 0 Å². The molecule has 23 heavy (non-hydrogen) atoms. The van der Waals surface area contributed by atoms with Gasteiger partial charge < -0.3 is 10.0 Å². The van der Waals surface area contributed by atoms with E-state index in [1.807, 2.05) is 35.2 Å². The topological polar surface area (TPSA) is 87.4 Å². The average Bonchev–Trinajstić information content (AvgIpc) is 3.09. The predicted molar refractivity (Wildman–Crippen MR) is 82.2 cm³/mol. The molecule has 1 aliphatic heterocycles. The molecule has 1 amide bonds. The van der Waals surface area contributed by atoms with E-state index >= 15 is 0 Å². The molecule has 0 radical (unpaired) electrons. The zero-order valence-electron chi connectivity index (χ0n) is 12.8. The van der Waals surface area contributed by atoms with Crippen LogP contribution in [0.25, 0.3) is 0 Å². The SMILES string of the molecule is O=C(Cn1cnnn1)N1CCN(CC(O)c2ccccc2)CC1. The quantitative estimate of drug-likeness (QED) is 0.804. The van der Waals surface area contributed by atoms with Gasteiger partial charge in [-0.15, -0.1) is 5.10 Å². The van der Waals surface area contributed by atoms with Crippen molar-refractivity contribution in [2.75, 3.05) is 32.7 Å². The number of amides is 1. The highest BCUT2D eigenvalue weighted by Crippen LogP contribution is 2.15. The highest BCUT2D eigenvalue weighted by Gasteiger charge is 2.23. The maximum absolute atomic E-state index is 12.2. The monoisotopic (exact) mass is 316 g/mol. The van der Waals surface area contributed by atoms with E-state index in [0.29, 0.717) is 19.6 Å². The zero-order valence-corrected chi connectivity index (χ0v) is 12.8. The molecule has 2 aromatic rings. The average molecular weight is 316 g/mol. The fourth-order valence-corrected chi connectivity index (χ4v) is 2.70. The molecule has 0 spiro atoms. The minimum Gasteiger partial charge on any atom is -0.387 e. The summed E-state index contributed by atoms with van der Waals surface area (Å²) >= 11 is 0. The number of carbonyl (C=O) groups excluding carboxylic acids is 1. The van der Waals surface area contributed by atoms with Gasteiger partial charge in [-0.2, -0.15) is 0 Å². The van der Waals surface area contributed by atoms with Crippen molar-refractivity contribution in [3.05, 3.63) is 42.2 Å². The number of piperazine rings is 1. The van der Waals surface area contributed by atoms with Crippen molar-refractivity contribution in [2.45, 2.75) is 12.6 Å². The Balaban J connectivity index is 1.46. The van der Waals surface area contributed by atoms with Gasteiger partial charge in [-0.3, -0.25) is 9.69 Å². The molecule has 0 saturated carbocycles.